The lowest BCUT2D eigenvalue weighted by Gasteiger charge is -2.17. The average molecular weight is 290 g/mol. The fraction of sp³-hybridized carbons (Fsp3) is 0.611. The summed E-state index contributed by atoms with van der Waals surface area (Å²) in [6.07, 6.45) is 3.92. The summed E-state index contributed by atoms with van der Waals surface area (Å²) in [5.41, 5.74) is 1.23. The summed E-state index contributed by atoms with van der Waals surface area (Å²) in [4.78, 5) is 12.0. The zero-order valence-electron chi connectivity index (χ0n) is 13.1. The maximum atomic E-state index is 12.0. The second kappa shape index (κ2) is 7.71. The van der Waals surface area contributed by atoms with E-state index in [2.05, 4.69) is 12.1 Å². The number of rotatable bonds is 10. The number of hydrogen-bond acceptors (Lipinski definition) is 3. The molecule has 1 aliphatic rings. The van der Waals surface area contributed by atoms with E-state index in [1.807, 2.05) is 32.0 Å². The molecule has 1 fully saturated rings. The number of ether oxygens (including phenoxy) is 2. The first-order valence-electron chi connectivity index (χ1n) is 8.03. The van der Waals surface area contributed by atoms with Crippen molar-refractivity contribution in [1.29, 1.82) is 0 Å². The summed E-state index contributed by atoms with van der Waals surface area (Å²) >= 11 is 0. The van der Waals surface area contributed by atoms with Crippen LogP contribution >= 0.6 is 0 Å². The Morgan fingerprint density at radius 1 is 1.14 bits per heavy atom. The van der Waals surface area contributed by atoms with Crippen molar-refractivity contribution in [2.24, 2.45) is 5.92 Å². The van der Waals surface area contributed by atoms with Crippen LogP contribution in [0.25, 0.3) is 0 Å². The van der Waals surface area contributed by atoms with Gasteiger partial charge in [-0.2, -0.15) is 0 Å². The first-order chi connectivity index (χ1) is 10.2. The topological polar surface area (TPSA) is 35.5 Å². The highest BCUT2D eigenvalue weighted by Crippen LogP contribution is 2.50. The van der Waals surface area contributed by atoms with Gasteiger partial charge in [-0.15, -0.1) is 0 Å². The van der Waals surface area contributed by atoms with E-state index >= 15 is 0 Å². The van der Waals surface area contributed by atoms with E-state index in [4.69, 9.17) is 9.47 Å². The van der Waals surface area contributed by atoms with Crippen LogP contribution in [0.2, 0.25) is 0 Å². The van der Waals surface area contributed by atoms with Crippen molar-refractivity contribution < 1.29 is 14.3 Å². The molecule has 0 aromatic heterocycles. The summed E-state index contributed by atoms with van der Waals surface area (Å²) in [7, 11) is 0. The summed E-state index contributed by atoms with van der Waals surface area (Å²) in [6.45, 7) is 5.30. The summed E-state index contributed by atoms with van der Waals surface area (Å²) in [5, 5.41) is 0. The monoisotopic (exact) mass is 290 g/mol. The number of Topliss-reactive ketones (excluding diaryl/α,β-unsaturated/α-hetero) is 1. The number of aryl methyl sites for hydroxylation is 1. The second-order valence-electron chi connectivity index (χ2n) is 5.64. The van der Waals surface area contributed by atoms with Crippen LogP contribution in [-0.2, 0) is 20.7 Å². The molecule has 1 unspecified atom stereocenters. The first-order valence-corrected chi connectivity index (χ1v) is 8.03. The molecule has 0 amide bonds. The molecular formula is C18H26O3. The Balaban J connectivity index is 1.68. The Morgan fingerprint density at radius 2 is 1.81 bits per heavy atom. The van der Waals surface area contributed by atoms with E-state index in [0.717, 1.165) is 19.3 Å². The standard InChI is InChI=1S/C18H26O3/c1-3-20-18(21-4-2)14-16(18)11-13-17(19)12-10-15-8-6-5-7-9-15/h5-9,16H,3-4,10-14H2,1-2H3. The average Bonchev–Trinajstić information content (AvgIpc) is 3.17. The third kappa shape index (κ3) is 4.65. The lowest BCUT2D eigenvalue weighted by atomic mass is 10.0. The molecule has 3 nitrogen and oxygen atoms in total. The van der Waals surface area contributed by atoms with Crippen molar-refractivity contribution in [3.63, 3.8) is 0 Å². The zero-order chi connectivity index (χ0) is 15.1. The molecule has 1 saturated carbocycles. The van der Waals surface area contributed by atoms with Gasteiger partial charge in [-0.05, 0) is 32.3 Å². The van der Waals surface area contributed by atoms with E-state index in [1.54, 1.807) is 0 Å². The molecule has 0 bridgehead atoms. The molecule has 0 N–H and O–H groups in total. The molecule has 1 aromatic carbocycles. The second-order valence-corrected chi connectivity index (χ2v) is 5.64. The molecule has 0 saturated heterocycles. The van der Waals surface area contributed by atoms with Crippen LogP contribution < -0.4 is 0 Å². The third-order valence-electron chi connectivity index (χ3n) is 4.08. The molecule has 116 valence electrons. The van der Waals surface area contributed by atoms with Crippen LogP contribution in [0.15, 0.2) is 30.3 Å². The van der Waals surface area contributed by atoms with Gasteiger partial charge in [-0.1, -0.05) is 30.3 Å². The van der Waals surface area contributed by atoms with Crippen LogP contribution in [0.1, 0.15) is 45.1 Å². The molecule has 3 heteroatoms. The van der Waals surface area contributed by atoms with Crippen molar-refractivity contribution in [1.82, 2.24) is 0 Å². The van der Waals surface area contributed by atoms with Crippen molar-refractivity contribution in [3.8, 4) is 0 Å². The van der Waals surface area contributed by atoms with E-state index in [-0.39, 0.29) is 5.79 Å². The van der Waals surface area contributed by atoms with Gasteiger partial charge < -0.3 is 9.47 Å². The van der Waals surface area contributed by atoms with Gasteiger partial charge in [0.05, 0.1) is 0 Å². The largest absolute Gasteiger partial charge is 0.350 e. The van der Waals surface area contributed by atoms with Crippen LogP contribution in [0, 0.1) is 5.92 Å². The van der Waals surface area contributed by atoms with Crippen molar-refractivity contribution in [2.75, 3.05) is 13.2 Å². The normalized spacial score (nSPS) is 19.4. The number of carbonyl (C=O) groups excluding carboxylic acids is 1. The Hall–Kier alpha value is -1.19. The molecule has 1 aliphatic carbocycles. The fourth-order valence-electron chi connectivity index (χ4n) is 2.88. The highest BCUT2D eigenvalue weighted by Gasteiger charge is 2.56. The zero-order valence-corrected chi connectivity index (χ0v) is 13.1. The predicted molar refractivity (Wildman–Crippen MR) is 83.1 cm³/mol. The predicted octanol–water partition coefficient (Wildman–Crippen LogP) is 3.76. The summed E-state index contributed by atoms with van der Waals surface area (Å²) in [5.74, 6) is 0.342. The van der Waals surface area contributed by atoms with E-state index in [9.17, 15) is 4.79 Å². The number of ketones is 1. The Kier molecular flexibility index (Phi) is 5.95. The molecule has 2 rings (SSSR count). The quantitative estimate of drug-likeness (QED) is 0.616. The Bertz CT molecular complexity index is 435. The smallest absolute Gasteiger partial charge is 0.171 e. The van der Waals surface area contributed by atoms with E-state index in [1.165, 1.54) is 5.56 Å². The van der Waals surface area contributed by atoms with Crippen molar-refractivity contribution in [2.45, 2.75) is 51.7 Å². The van der Waals surface area contributed by atoms with Gasteiger partial charge in [0, 0.05) is 38.4 Å². The van der Waals surface area contributed by atoms with Crippen molar-refractivity contribution >= 4 is 5.78 Å². The van der Waals surface area contributed by atoms with Gasteiger partial charge in [0.2, 0.25) is 0 Å². The molecule has 0 heterocycles. The number of benzene rings is 1. The molecule has 1 atom stereocenters. The van der Waals surface area contributed by atoms with Crippen LogP contribution in [0.3, 0.4) is 0 Å². The maximum absolute atomic E-state index is 12.0. The van der Waals surface area contributed by atoms with E-state index in [0.29, 0.717) is 37.8 Å². The molecule has 1 aromatic rings. The summed E-state index contributed by atoms with van der Waals surface area (Å²) < 4.78 is 11.4. The summed E-state index contributed by atoms with van der Waals surface area (Å²) in [6, 6.07) is 10.2. The van der Waals surface area contributed by atoms with E-state index < -0.39 is 0 Å². The molecule has 21 heavy (non-hydrogen) atoms. The van der Waals surface area contributed by atoms with Crippen molar-refractivity contribution in [3.05, 3.63) is 35.9 Å². The Morgan fingerprint density at radius 3 is 2.43 bits per heavy atom. The van der Waals surface area contributed by atoms with Gasteiger partial charge >= 0.3 is 0 Å². The Labute approximate surface area is 127 Å². The van der Waals surface area contributed by atoms with Gasteiger partial charge in [0.15, 0.2) is 5.79 Å². The number of carbonyl (C=O) groups is 1. The number of hydrogen-bond donors (Lipinski definition) is 0. The highest BCUT2D eigenvalue weighted by atomic mass is 16.7. The SMILES string of the molecule is CCOC1(OCC)CC1CCC(=O)CCc1ccccc1. The van der Waals surface area contributed by atoms with Gasteiger partial charge in [-0.25, -0.2) is 0 Å². The lowest BCUT2D eigenvalue weighted by Crippen LogP contribution is -2.22. The van der Waals surface area contributed by atoms with Gasteiger partial charge in [-0.3, -0.25) is 4.79 Å². The fourth-order valence-corrected chi connectivity index (χ4v) is 2.88. The minimum absolute atomic E-state index is 0.340. The minimum Gasteiger partial charge on any atom is -0.350 e. The van der Waals surface area contributed by atoms with Crippen LogP contribution in [0.5, 0.6) is 0 Å². The van der Waals surface area contributed by atoms with Crippen LogP contribution in [-0.4, -0.2) is 24.8 Å². The first kappa shape index (κ1) is 16.2. The molecule has 0 aliphatic heterocycles. The van der Waals surface area contributed by atoms with Crippen LogP contribution in [0.4, 0.5) is 0 Å². The maximum Gasteiger partial charge on any atom is 0.171 e. The lowest BCUT2D eigenvalue weighted by molar-refractivity contribution is -0.171. The highest BCUT2D eigenvalue weighted by molar-refractivity contribution is 5.78. The molecular weight excluding hydrogens is 264 g/mol. The molecule has 0 radical (unpaired) electrons. The minimum atomic E-state index is -0.386. The molecule has 0 spiro atoms. The van der Waals surface area contributed by atoms with Gasteiger partial charge in [0.25, 0.3) is 0 Å². The van der Waals surface area contributed by atoms with Gasteiger partial charge in [0.1, 0.15) is 5.78 Å². The third-order valence-corrected chi connectivity index (χ3v) is 4.08.